The van der Waals surface area contributed by atoms with Crippen LogP contribution in [0.25, 0.3) is 6.08 Å². The molecule has 264 valence electrons. The van der Waals surface area contributed by atoms with Gasteiger partial charge in [0.25, 0.3) is 0 Å². The quantitative estimate of drug-likeness (QED) is 0.0111. The van der Waals surface area contributed by atoms with Crippen molar-refractivity contribution in [2.24, 2.45) is 0 Å². The molecule has 0 saturated carbocycles. The van der Waals surface area contributed by atoms with Gasteiger partial charge in [-0.1, -0.05) is 25.0 Å². The van der Waals surface area contributed by atoms with E-state index >= 15 is 0 Å². The fourth-order valence-electron chi connectivity index (χ4n) is 4.83. The number of hydrogen-bond acceptors (Lipinski definition) is 10. The monoisotopic (exact) mass is 684 g/mol. The van der Waals surface area contributed by atoms with Crippen molar-refractivity contribution in [3.8, 4) is 23.0 Å². The molecule has 0 heterocycles. The van der Waals surface area contributed by atoms with Crippen molar-refractivity contribution in [3.63, 3.8) is 0 Å². The van der Waals surface area contributed by atoms with Gasteiger partial charge in [0.05, 0.1) is 32.0 Å². The Hall–Kier alpha value is -5.44. The van der Waals surface area contributed by atoms with Crippen LogP contribution in [-0.4, -0.2) is 45.2 Å². The molecule has 0 radical (unpaired) electrons. The molecule has 50 heavy (non-hydrogen) atoms. The zero-order valence-corrected chi connectivity index (χ0v) is 28.3. The van der Waals surface area contributed by atoms with E-state index in [1.165, 1.54) is 6.26 Å². The highest BCUT2D eigenvalue weighted by molar-refractivity contribution is 5.91. The van der Waals surface area contributed by atoms with Crippen LogP contribution < -0.4 is 18.9 Å². The summed E-state index contributed by atoms with van der Waals surface area (Å²) < 4.78 is 33.8. The second-order valence-electron chi connectivity index (χ2n) is 11.2. The summed E-state index contributed by atoms with van der Waals surface area (Å²) in [6.45, 7) is 8.85. The second kappa shape index (κ2) is 21.5. The minimum absolute atomic E-state index is 0.0876. The van der Waals surface area contributed by atoms with E-state index in [1.807, 2.05) is 42.5 Å². The number of carbonyl (C=O) groups excluding carboxylic acids is 2. The lowest BCUT2D eigenvalue weighted by Crippen LogP contribution is -2.10. The van der Waals surface area contributed by atoms with Gasteiger partial charge in [-0.25, -0.2) is 9.59 Å². The average Bonchev–Trinajstić information content (AvgIpc) is 3.14. The van der Waals surface area contributed by atoms with Gasteiger partial charge >= 0.3 is 11.9 Å². The van der Waals surface area contributed by atoms with Gasteiger partial charge in [-0.05, 0) is 123 Å². The van der Waals surface area contributed by atoms with E-state index in [4.69, 9.17) is 38.2 Å². The van der Waals surface area contributed by atoms with Crippen molar-refractivity contribution in [2.75, 3.05) is 33.2 Å². The van der Waals surface area contributed by atoms with E-state index < -0.39 is 11.9 Å². The normalized spacial score (nSPS) is 11.6. The summed E-state index contributed by atoms with van der Waals surface area (Å²) in [6, 6.07) is 19.9. The Kier molecular flexibility index (Phi) is 16.1. The fourth-order valence-corrected chi connectivity index (χ4v) is 4.83. The topological polar surface area (TPSA) is 108 Å². The standard InChI is InChI=1S/C40H44O10/c1-3-23-48-49-27-10-6-8-25-44-35-19-21-36(22-20-35)46-30-47-37-17-13-33-29-38(18-14-32(33)28-37)50-40(42)31-11-15-34(16-12-31)43-24-7-5-9-26-45-39(41)4-2/h4,11-12,14-16,18-23,28-29H,1-2,5-10,13,17,24-27,30H2. The van der Waals surface area contributed by atoms with E-state index in [0.717, 1.165) is 73.7 Å². The predicted molar refractivity (Wildman–Crippen MR) is 188 cm³/mol. The summed E-state index contributed by atoms with van der Waals surface area (Å²) in [4.78, 5) is 33.5. The molecule has 0 fully saturated rings. The minimum Gasteiger partial charge on any atom is -0.494 e. The number of benzene rings is 3. The third-order valence-corrected chi connectivity index (χ3v) is 7.47. The summed E-state index contributed by atoms with van der Waals surface area (Å²) in [5.41, 5.74) is 4.98. The van der Waals surface area contributed by atoms with Gasteiger partial charge in [-0.2, -0.15) is 4.89 Å². The van der Waals surface area contributed by atoms with Gasteiger partial charge in [-0.15, -0.1) is 0 Å². The zero-order chi connectivity index (χ0) is 35.2. The number of hydrogen-bond donors (Lipinski definition) is 0. The van der Waals surface area contributed by atoms with Crippen molar-refractivity contribution < 1.29 is 47.8 Å². The maximum Gasteiger partial charge on any atom is 0.343 e. The highest BCUT2D eigenvalue weighted by Crippen LogP contribution is 2.29. The summed E-state index contributed by atoms with van der Waals surface area (Å²) in [5, 5.41) is 0. The van der Waals surface area contributed by atoms with Gasteiger partial charge in [0.1, 0.15) is 28.8 Å². The molecule has 0 atom stereocenters. The van der Waals surface area contributed by atoms with Crippen molar-refractivity contribution in [1.29, 1.82) is 0 Å². The maximum absolute atomic E-state index is 12.8. The average molecular weight is 685 g/mol. The Morgan fingerprint density at radius 2 is 1.32 bits per heavy atom. The van der Waals surface area contributed by atoms with Crippen LogP contribution in [0.1, 0.15) is 66.4 Å². The van der Waals surface area contributed by atoms with Crippen LogP contribution in [0, 0.1) is 0 Å². The van der Waals surface area contributed by atoms with Crippen LogP contribution in [-0.2, 0) is 30.5 Å². The van der Waals surface area contributed by atoms with Crippen molar-refractivity contribution in [2.45, 2.75) is 51.4 Å². The molecule has 10 heteroatoms. The molecule has 0 unspecified atom stereocenters. The number of fused-ring (bicyclic) bond motifs is 1. The molecule has 3 aromatic carbocycles. The van der Waals surface area contributed by atoms with E-state index in [1.54, 1.807) is 30.3 Å². The highest BCUT2D eigenvalue weighted by atomic mass is 17.2. The molecule has 0 saturated heterocycles. The SMILES string of the molecule is C=C=COOCCCCCOc1ccc(OCOC2=Cc3ccc(OC(=O)c4ccc(OCCCCCOC(=O)C=C)cc4)cc3CC2)cc1. The summed E-state index contributed by atoms with van der Waals surface area (Å²) in [7, 11) is 0. The maximum atomic E-state index is 12.8. The molecule has 4 rings (SSSR count). The molecule has 1 aliphatic rings. The van der Waals surface area contributed by atoms with E-state index in [2.05, 4.69) is 18.9 Å². The van der Waals surface area contributed by atoms with Gasteiger partial charge in [0.2, 0.25) is 6.79 Å². The van der Waals surface area contributed by atoms with Gasteiger partial charge in [-0.3, -0.25) is 0 Å². The van der Waals surface area contributed by atoms with Gasteiger partial charge < -0.3 is 33.3 Å². The van der Waals surface area contributed by atoms with Crippen molar-refractivity contribution in [3.05, 3.63) is 120 Å². The molecule has 0 N–H and O–H groups in total. The first-order valence-electron chi connectivity index (χ1n) is 16.7. The molecule has 0 spiro atoms. The lowest BCUT2D eigenvalue weighted by atomic mass is 9.96. The summed E-state index contributed by atoms with van der Waals surface area (Å²) in [5.74, 6) is 2.59. The fraction of sp³-hybridized carbons (Fsp3) is 0.325. The third kappa shape index (κ3) is 13.6. The van der Waals surface area contributed by atoms with Crippen LogP contribution in [0.3, 0.4) is 0 Å². The largest absolute Gasteiger partial charge is 0.494 e. The number of rotatable bonds is 23. The highest BCUT2D eigenvalue weighted by Gasteiger charge is 2.15. The molecule has 0 amide bonds. The summed E-state index contributed by atoms with van der Waals surface area (Å²) in [6.07, 6.45) is 11.1. The third-order valence-electron chi connectivity index (χ3n) is 7.47. The molecular formula is C40H44O10. The Balaban J connectivity index is 1.12. The number of aryl methyl sites for hydroxylation is 1. The molecule has 10 nitrogen and oxygen atoms in total. The van der Waals surface area contributed by atoms with E-state index in [0.29, 0.717) is 55.7 Å². The van der Waals surface area contributed by atoms with Crippen LogP contribution in [0.15, 0.2) is 104 Å². The number of allylic oxidation sites excluding steroid dienone is 1. The first-order chi connectivity index (χ1) is 24.5. The Bertz CT molecular complexity index is 1590. The molecule has 1 aliphatic carbocycles. The number of ether oxygens (including phenoxy) is 6. The smallest absolute Gasteiger partial charge is 0.343 e. The van der Waals surface area contributed by atoms with Gasteiger partial charge in [0, 0.05) is 12.5 Å². The van der Waals surface area contributed by atoms with Crippen molar-refractivity contribution >= 4 is 18.0 Å². The van der Waals surface area contributed by atoms with Crippen LogP contribution in [0.2, 0.25) is 0 Å². The number of unbranched alkanes of at least 4 members (excludes halogenated alkanes) is 4. The molecule has 0 aromatic heterocycles. The molecule has 3 aromatic rings. The van der Waals surface area contributed by atoms with E-state index in [-0.39, 0.29) is 6.79 Å². The second-order valence-corrected chi connectivity index (χ2v) is 11.2. The molecular weight excluding hydrogens is 640 g/mol. The number of esters is 2. The zero-order valence-electron chi connectivity index (χ0n) is 28.3. The summed E-state index contributed by atoms with van der Waals surface area (Å²) >= 11 is 0. The van der Waals surface area contributed by atoms with E-state index in [9.17, 15) is 9.59 Å². The minimum atomic E-state index is -0.441. The van der Waals surface area contributed by atoms with Crippen LogP contribution in [0.4, 0.5) is 0 Å². The van der Waals surface area contributed by atoms with Crippen LogP contribution >= 0.6 is 0 Å². The van der Waals surface area contributed by atoms with Crippen LogP contribution in [0.5, 0.6) is 23.0 Å². The number of carbonyl (C=O) groups is 2. The molecule has 0 aliphatic heterocycles. The lowest BCUT2D eigenvalue weighted by Gasteiger charge is -2.18. The predicted octanol–water partition coefficient (Wildman–Crippen LogP) is 8.32. The lowest BCUT2D eigenvalue weighted by molar-refractivity contribution is -0.248. The Morgan fingerprint density at radius 3 is 2.00 bits per heavy atom. The molecule has 0 bridgehead atoms. The first-order valence-corrected chi connectivity index (χ1v) is 16.7. The van der Waals surface area contributed by atoms with Gasteiger partial charge in [0.15, 0.2) is 6.26 Å². The van der Waals surface area contributed by atoms with Crippen molar-refractivity contribution in [1.82, 2.24) is 0 Å². The Morgan fingerprint density at radius 1 is 0.700 bits per heavy atom. The Labute approximate surface area is 293 Å². The first kappa shape index (κ1) is 37.4.